The summed E-state index contributed by atoms with van der Waals surface area (Å²) in [6, 6.07) is 3.55. The smallest absolute Gasteiger partial charge is 0.256 e. The zero-order valence-electron chi connectivity index (χ0n) is 13.9. The summed E-state index contributed by atoms with van der Waals surface area (Å²) >= 11 is 0. The summed E-state index contributed by atoms with van der Waals surface area (Å²) in [7, 11) is 1.95. The lowest BCUT2D eigenvalue weighted by Gasteiger charge is -2.35. The molecule has 1 amide bonds. The number of carbonyl (C=O) groups excluding carboxylic acids is 1. The molecule has 0 radical (unpaired) electrons. The predicted molar refractivity (Wildman–Crippen MR) is 91.2 cm³/mol. The van der Waals surface area contributed by atoms with Gasteiger partial charge < -0.3 is 14.8 Å². The fourth-order valence-corrected chi connectivity index (χ4v) is 3.10. The minimum atomic E-state index is -0.0884. The number of nitrogens with one attached hydrogen (secondary N) is 1. The molecule has 1 aliphatic rings. The Morgan fingerprint density at radius 2 is 2.16 bits per heavy atom. The van der Waals surface area contributed by atoms with Gasteiger partial charge in [0.15, 0.2) is 0 Å². The summed E-state index contributed by atoms with van der Waals surface area (Å²) in [5, 5.41) is 3.34. The lowest BCUT2D eigenvalue weighted by molar-refractivity contribution is 0.0620. The third-order valence-corrected chi connectivity index (χ3v) is 4.42. The topological polar surface area (TPSA) is 80.9 Å². The molecule has 3 aromatic heterocycles. The quantitative estimate of drug-likeness (QED) is 0.764. The number of aromatic nitrogens is 5. The summed E-state index contributed by atoms with van der Waals surface area (Å²) in [5.74, 6) is 1.58. The highest BCUT2D eigenvalue weighted by atomic mass is 16.2. The largest absolute Gasteiger partial charge is 0.336 e. The number of piperazine rings is 1. The molecule has 1 N–H and O–H groups in total. The lowest BCUT2D eigenvalue weighted by Crippen LogP contribution is -2.49. The van der Waals surface area contributed by atoms with E-state index in [-0.39, 0.29) is 11.9 Å². The molecule has 0 bridgehead atoms. The van der Waals surface area contributed by atoms with Crippen LogP contribution in [-0.4, -0.2) is 54.5 Å². The monoisotopic (exact) mass is 337 g/mol. The number of amides is 1. The van der Waals surface area contributed by atoms with E-state index in [1.54, 1.807) is 29.5 Å². The van der Waals surface area contributed by atoms with Crippen LogP contribution in [0.4, 0.5) is 0 Å². The highest BCUT2D eigenvalue weighted by Gasteiger charge is 2.31. The van der Waals surface area contributed by atoms with Crippen LogP contribution < -0.4 is 5.32 Å². The van der Waals surface area contributed by atoms with E-state index in [9.17, 15) is 4.79 Å². The molecule has 4 rings (SSSR count). The average Bonchev–Trinajstić information content (AvgIpc) is 3.33. The van der Waals surface area contributed by atoms with Crippen LogP contribution >= 0.6 is 0 Å². The Hall–Kier alpha value is -3.00. The molecule has 0 aromatic carbocycles. The van der Waals surface area contributed by atoms with Crippen molar-refractivity contribution in [2.24, 2.45) is 7.05 Å². The van der Waals surface area contributed by atoms with Crippen molar-refractivity contribution in [3.05, 3.63) is 60.8 Å². The van der Waals surface area contributed by atoms with E-state index in [4.69, 9.17) is 0 Å². The SMILES string of the molecule is Cn1ccnc1C1CNCCN1C(=O)c1ccc(-n2ccnc2)nc1. The van der Waals surface area contributed by atoms with Crippen LogP contribution in [0.15, 0.2) is 49.4 Å². The Bertz CT molecular complexity index is 854. The molecule has 0 saturated carbocycles. The number of carbonyl (C=O) groups is 1. The van der Waals surface area contributed by atoms with Crippen LogP contribution in [0.2, 0.25) is 0 Å². The van der Waals surface area contributed by atoms with Gasteiger partial charge in [0.1, 0.15) is 24.0 Å². The number of imidazole rings is 2. The first-order valence-electron chi connectivity index (χ1n) is 8.17. The molecule has 1 saturated heterocycles. The van der Waals surface area contributed by atoms with Gasteiger partial charge in [0, 0.05) is 57.7 Å². The van der Waals surface area contributed by atoms with Crippen molar-refractivity contribution in [3.63, 3.8) is 0 Å². The lowest BCUT2D eigenvalue weighted by atomic mass is 10.1. The Morgan fingerprint density at radius 1 is 1.24 bits per heavy atom. The van der Waals surface area contributed by atoms with E-state index in [0.29, 0.717) is 18.7 Å². The molecule has 8 heteroatoms. The molecule has 1 atom stereocenters. The van der Waals surface area contributed by atoms with Gasteiger partial charge in [-0.1, -0.05) is 0 Å². The Kier molecular flexibility index (Phi) is 4.02. The molecule has 1 unspecified atom stereocenters. The number of hydrogen-bond donors (Lipinski definition) is 1. The van der Waals surface area contributed by atoms with Crippen LogP contribution in [0.5, 0.6) is 0 Å². The predicted octanol–water partition coefficient (Wildman–Crippen LogP) is 0.787. The van der Waals surface area contributed by atoms with Crippen molar-refractivity contribution >= 4 is 5.91 Å². The van der Waals surface area contributed by atoms with Gasteiger partial charge in [-0.2, -0.15) is 0 Å². The van der Waals surface area contributed by atoms with E-state index in [0.717, 1.165) is 18.2 Å². The zero-order chi connectivity index (χ0) is 17.2. The van der Waals surface area contributed by atoms with Crippen LogP contribution in [-0.2, 0) is 7.05 Å². The summed E-state index contributed by atoms with van der Waals surface area (Å²) < 4.78 is 3.76. The van der Waals surface area contributed by atoms with Crippen molar-refractivity contribution < 1.29 is 4.79 Å². The third-order valence-electron chi connectivity index (χ3n) is 4.42. The minimum Gasteiger partial charge on any atom is -0.336 e. The summed E-state index contributed by atoms with van der Waals surface area (Å²) in [6.07, 6.45) is 10.5. The second-order valence-electron chi connectivity index (χ2n) is 5.99. The molecule has 0 spiro atoms. The van der Waals surface area contributed by atoms with Crippen LogP contribution in [0, 0.1) is 0 Å². The van der Waals surface area contributed by atoms with E-state index in [1.165, 1.54) is 0 Å². The number of hydrogen-bond acceptors (Lipinski definition) is 5. The number of nitrogens with zero attached hydrogens (tertiary/aromatic N) is 6. The second-order valence-corrected chi connectivity index (χ2v) is 5.99. The molecule has 1 aliphatic heterocycles. The van der Waals surface area contributed by atoms with Crippen molar-refractivity contribution in [3.8, 4) is 5.82 Å². The minimum absolute atomic E-state index is 0.0285. The van der Waals surface area contributed by atoms with E-state index < -0.39 is 0 Å². The molecule has 4 heterocycles. The van der Waals surface area contributed by atoms with Crippen LogP contribution in [0.25, 0.3) is 5.82 Å². The Morgan fingerprint density at radius 3 is 2.84 bits per heavy atom. The fraction of sp³-hybridized carbons (Fsp3) is 0.294. The molecule has 128 valence electrons. The molecule has 25 heavy (non-hydrogen) atoms. The highest BCUT2D eigenvalue weighted by molar-refractivity contribution is 5.94. The number of pyridine rings is 1. The van der Waals surface area contributed by atoms with Crippen LogP contribution in [0.3, 0.4) is 0 Å². The average molecular weight is 337 g/mol. The van der Waals surface area contributed by atoms with Gasteiger partial charge >= 0.3 is 0 Å². The first kappa shape index (κ1) is 15.5. The van der Waals surface area contributed by atoms with Gasteiger partial charge in [-0.15, -0.1) is 0 Å². The molecular formula is C17H19N7O. The van der Waals surface area contributed by atoms with Gasteiger partial charge in [-0.3, -0.25) is 9.36 Å². The van der Waals surface area contributed by atoms with Crippen molar-refractivity contribution in [1.29, 1.82) is 0 Å². The van der Waals surface area contributed by atoms with Crippen molar-refractivity contribution in [2.75, 3.05) is 19.6 Å². The van der Waals surface area contributed by atoms with Gasteiger partial charge in [0.05, 0.1) is 5.56 Å². The van der Waals surface area contributed by atoms with Gasteiger partial charge in [0.2, 0.25) is 0 Å². The van der Waals surface area contributed by atoms with Gasteiger partial charge in [-0.05, 0) is 12.1 Å². The summed E-state index contributed by atoms with van der Waals surface area (Å²) in [4.78, 5) is 27.7. The molecule has 0 aliphatic carbocycles. The maximum Gasteiger partial charge on any atom is 0.256 e. The Balaban J connectivity index is 1.59. The van der Waals surface area contributed by atoms with E-state index in [1.807, 2.05) is 41.0 Å². The standard InChI is InChI=1S/C17H19N7O/c1-22-7-6-20-16(22)14-11-18-5-9-24(14)17(25)13-2-3-15(21-10-13)23-8-4-19-12-23/h2-4,6-8,10,12,14,18H,5,9,11H2,1H3. The number of rotatable bonds is 3. The van der Waals surface area contributed by atoms with Gasteiger partial charge in [-0.25, -0.2) is 15.0 Å². The first-order chi connectivity index (χ1) is 12.2. The number of aryl methyl sites for hydroxylation is 1. The van der Waals surface area contributed by atoms with E-state index in [2.05, 4.69) is 20.3 Å². The second kappa shape index (κ2) is 6.48. The van der Waals surface area contributed by atoms with E-state index >= 15 is 0 Å². The first-order valence-corrected chi connectivity index (χ1v) is 8.17. The molecule has 8 nitrogen and oxygen atoms in total. The normalized spacial score (nSPS) is 17.6. The maximum atomic E-state index is 13.0. The summed E-state index contributed by atoms with van der Waals surface area (Å²) in [5.41, 5.74) is 0.574. The van der Waals surface area contributed by atoms with Gasteiger partial charge in [0.25, 0.3) is 5.91 Å². The van der Waals surface area contributed by atoms with Crippen molar-refractivity contribution in [2.45, 2.75) is 6.04 Å². The summed E-state index contributed by atoms with van der Waals surface area (Å²) in [6.45, 7) is 2.10. The third kappa shape index (κ3) is 2.91. The zero-order valence-corrected chi connectivity index (χ0v) is 13.9. The molecular weight excluding hydrogens is 318 g/mol. The fourth-order valence-electron chi connectivity index (χ4n) is 3.10. The Labute approximate surface area is 145 Å². The van der Waals surface area contributed by atoms with Crippen molar-refractivity contribution in [1.82, 2.24) is 34.3 Å². The molecule has 3 aromatic rings. The molecule has 1 fully saturated rings. The maximum absolute atomic E-state index is 13.0. The highest BCUT2D eigenvalue weighted by Crippen LogP contribution is 2.22. The van der Waals surface area contributed by atoms with Crippen LogP contribution in [0.1, 0.15) is 22.2 Å².